The zero-order valence-corrected chi connectivity index (χ0v) is 14.5. The molecule has 25 heavy (non-hydrogen) atoms. The fraction of sp³-hybridized carbons (Fsp3) is 0.167. The van der Waals surface area contributed by atoms with Crippen molar-refractivity contribution in [1.29, 1.82) is 0 Å². The van der Waals surface area contributed by atoms with Gasteiger partial charge in [-0.15, -0.1) is 5.10 Å². The van der Waals surface area contributed by atoms with Gasteiger partial charge < -0.3 is 14.5 Å². The van der Waals surface area contributed by atoms with E-state index in [1.807, 2.05) is 49.4 Å². The lowest BCUT2D eigenvalue weighted by molar-refractivity contribution is -0.117. The van der Waals surface area contributed by atoms with Crippen molar-refractivity contribution in [3.8, 4) is 5.75 Å². The summed E-state index contributed by atoms with van der Waals surface area (Å²) in [6.07, 6.45) is 0. The van der Waals surface area contributed by atoms with E-state index in [1.165, 1.54) is 4.68 Å². The second kappa shape index (κ2) is 7.76. The molecule has 0 saturated carbocycles. The molecule has 128 valence electrons. The van der Waals surface area contributed by atoms with Crippen LogP contribution < -0.4 is 10.1 Å². The monoisotopic (exact) mass is 355 g/mol. The van der Waals surface area contributed by atoms with Crippen LogP contribution in [-0.4, -0.2) is 15.7 Å². The first-order chi connectivity index (χ1) is 12.1. The van der Waals surface area contributed by atoms with E-state index in [0.29, 0.717) is 17.3 Å². The maximum Gasteiger partial charge on any atom is 0.287 e. The molecule has 0 radical (unpaired) electrons. The van der Waals surface area contributed by atoms with Crippen molar-refractivity contribution in [2.45, 2.75) is 20.1 Å². The minimum absolute atomic E-state index is 0.0260. The Morgan fingerprint density at radius 1 is 1.20 bits per heavy atom. The standard InChI is InChI=1S/C18H17N3O3S/c1-13-7-9-15(10-8-13)23-12-17-20-21(18(25)24-17)11-16(22)19-14-5-3-2-4-6-14/h2-10H,11-12H2,1H3,(H,19,22). The third-order valence-electron chi connectivity index (χ3n) is 3.38. The highest BCUT2D eigenvalue weighted by molar-refractivity contribution is 7.71. The molecule has 0 spiro atoms. The summed E-state index contributed by atoms with van der Waals surface area (Å²) in [5.74, 6) is 0.794. The number of hydrogen-bond donors (Lipinski definition) is 1. The maximum atomic E-state index is 12.1. The first-order valence-electron chi connectivity index (χ1n) is 7.71. The second-order valence-electron chi connectivity index (χ2n) is 5.44. The molecule has 3 rings (SSSR count). The molecule has 1 heterocycles. The number of aryl methyl sites for hydroxylation is 1. The molecule has 0 fully saturated rings. The van der Waals surface area contributed by atoms with Gasteiger partial charge in [-0.05, 0) is 43.4 Å². The Hall–Kier alpha value is -2.93. The van der Waals surface area contributed by atoms with Crippen LogP contribution in [0.1, 0.15) is 11.5 Å². The number of carbonyl (C=O) groups is 1. The average molecular weight is 355 g/mol. The van der Waals surface area contributed by atoms with Gasteiger partial charge in [0.25, 0.3) is 10.7 Å². The Kier molecular flexibility index (Phi) is 5.25. The van der Waals surface area contributed by atoms with Gasteiger partial charge in [0.05, 0.1) is 0 Å². The Morgan fingerprint density at radius 2 is 1.92 bits per heavy atom. The lowest BCUT2D eigenvalue weighted by Crippen LogP contribution is -2.19. The number of amides is 1. The van der Waals surface area contributed by atoms with E-state index in [9.17, 15) is 4.79 Å². The van der Waals surface area contributed by atoms with Crippen molar-refractivity contribution in [2.75, 3.05) is 5.32 Å². The molecule has 0 unspecified atom stereocenters. The minimum atomic E-state index is -0.235. The van der Waals surface area contributed by atoms with Gasteiger partial charge in [0, 0.05) is 5.69 Å². The zero-order valence-electron chi connectivity index (χ0n) is 13.6. The fourth-order valence-corrected chi connectivity index (χ4v) is 2.35. The number of benzene rings is 2. The Morgan fingerprint density at radius 3 is 2.64 bits per heavy atom. The number of ether oxygens (including phenoxy) is 1. The molecule has 0 aliphatic heterocycles. The highest BCUT2D eigenvalue weighted by Gasteiger charge is 2.10. The maximum absolute atomic E-state index is 12.1. The predicted molar refractivity (Wildman–Crippen MR) is 95.9 cm³/mol. The van der Waals surface area contributed by atoms with Gasteiger partial charge in [0.2, 0.25) is 5.91 Å². The number of nitrogens with one attached hydrogen (secondary N) is 1. The summed E-state index contributed by atoms with van der Waals surface area (Å²) in [5, 5.41) is 6.96. The summed E-state index contributed by atoms with van der Waals surface area (Å²) < 4.78 is 12.3. The van der Waals surface area contributed by atoms with Crippen LogP contribution >= 0.6 is 12.2 Å². The highest BCUT2D eigenvalue weighted by atomic mass is 32.1. The number of aromatic nitrogens is 2. The Labute approximate surface area is 150 Å². The lowest BCUT2D eigenvalue weighted by atomic mass is 10.2. The van der Waals surface area contributed by atoms with Crippen LogP contribution in [0, 0.1) is 11.8 Å². The van der Waals surface area contributed by atoms with Gasteiger partial charge in [-0.2, -0.15) is 0 Å². The van der Waals surface area contributed by atoms with Crippen LogP contribution in [-0.2, 0) is 17.9 Å². The molecule has 1 amide bonds. The van der Waals surface area contributed by atoms with Crippen molar-refractivity contribution >= 4 is 23.8 Å². The van der Waals surface area contributed by atoms with Crippen molar-refractivity contribution in [2.24, 2.45) is 0 Å². The van der Waals surface area contributed by atoms with Gasteiger partial charge in [-0.3, -0.25) is 4.79 Å². The summed E-state index contributed by atoms with van der Waals surface area (Å²) in [7, 11) is 0. The van der Waals surface area contributed by atoms with Gasteiger partial charge >= 0.3 is 0 Å². The number of rotatable bonds is 6. The summed E-state index contributed by atoms with van der Waals surface area (Å²) >= 11 is 5.10. The van der Waals surface area contributed by atoms with Crippen LogP contribution in [0.2, 0.25) is 0 Å². The van der Waals surface area contributed by atoms with E-state index in [-0.39, 0.29) is 23.9 Å². The molecule has 0 aliphatic carbocycles. The molecular weight excluding hydrogens is 338 g/mol. The van der Waals surface area contributed by atoms with E-state index >= 15 is 0 Å². The Bertz CT molecular complexity index is 901. The molecule has 0 aliphatic rings. The first-order valence-corrected chi connectivity index (χ1v) is 8.12. The van der Waals surface area contributed by atoms with Crippen LogP contribution in [0.25, 0.3) is 0 Å². The zero-order chi connectivity index (χ0) is 17.6. The van der Waals surface area contributed by atoms with Crippen LogP contribution in [0.4, 0.5) is 5.69 Å². The number of hydrogen-bond acceptors (Lipinski definition) is 5. The molecule has 6 nitrogen and oxygen atoms in total. The van der Waals surface area contributed by atoms with Gasteiger partial charge in [0.15, 0.2) is 6.61 Å². The van der Waals surface area contributed by atoms with Crippen molar-refractivity contribution in [3.63, 3.8) is 0 Å². The smallest absolute Gasteiger partial charge is 0.287 e. The number of anilines is 1. The molecule has 1 aromatic heterocycles. The van der Waals surface area contributed by atoms with Gasteiger partial charge in [0.1, 0.15) is 12.3 Å². The van der Waals surface area contributed by atoms with E-state index in [1.54, 1.807) is 12.1 Å². The largest absolute Gasteiger partial charge is 0.484 e. The van der Waals surface area contributed by atoms with E-state index in [0.717, 1.165) is 5.56 Å². The van der Waals surface area contributed by atoms with Crippen molar-refractivity contribution < 1.29 is 13.9 Å². The molecule has 1 N–H and O–H groups in total. The quantitative estimate of drug-likeness (QED) is 0.682. The Balaban J connectivity index is 1.59. The molecular formula is C18H17N3O3S. The first kappa shape index (κ1) is 16.9. The van der Waals surface area contributed by atoms with E-state index < -0.39 is 0 Å². The van der Waals surface area contributed by atoms with Crippen LogP contribution in [0.5, 0.6) is 5.75 Å². The normalized spacial score (nSPS) is 10.4. The molecule has 2 aromatic carbocycles. The number of nitrogens with zero attached hydrogens (tertiary/aromatic N) is 2. The summed E-state index contributed by atoms with van der Waals surface area (Å²) in [6, 6.07) is 16.8. The van der Waals surface area contributed by atoms with Crippen molar-refractivity contribution in [3.05, 3.63) is 70.9 Å². The van der Waals surface area contributed by atoms with Crippen LogP contribution in [0.3, 0.4) is 0 Å². The second-order valence-corrected chi connectivity index (χ2v) is 5.78. The molecule has 0 atom stereocenters. The summed E-state index contributed by atoms with van der Waals surface area (Å²) in [6.45, 7) is 2.12. The third kappa shape index (κ3) is 4.77. The SMILES string of the molecule is Cc1ccc(OCc2nn(CC(=O)Nc3ccccc3)c(=S)o2)cc1. The average Bonchev–Trinajstić information content (AvgIpc) is 2.95. The third-order valence-corrected chi connectivity index (χ3v) is 3.68. The molecule has 0 bridgehead atoms. The predicted octanol–water partition coefficient (Wildman–Crippen LogP) is 3.73. The molecule has 3 aromatic rings. The van der Waals surface area contributed by atoms with Gasteiger partial charge in [-0.25, -0.2) is 4.68 Å². The minimum Gasteiger partial charge on any atom is -0.484 e. The lowest BCUT2D eigenvalue weighted by Gasteiger charge is -2.04. The van der Waals surface area contributed by atoms with Gasteiger partial charge in [-0.1, -0.05) is 35.9 Å². The van der Waals surface area contributed by atoms with E-state index in [4.69, 9.17) is 21.4 Å². The summed E-state index contributed by atoms with van der Waals surface area (Å²) in [4.78, 5) is 12.2. The van der Waals surface area contributed by atoms with Crippen molar-refractivity contribution in [1.82, 2.24) is 9.78 Å². The highest BCUT2D eigenvalue weighted by Crippen LogP contribution is 2.13. The molecule has 7 heteroatoms. The number of carbonyl (C=O) groups excluding carboxylic acids is 1. The van der Waals surface area contributed by atoms with E-state index in [2.05, 4.69) is 10.4 Å². The molecule has 0 saturated heterocycles. The summed E-state index contributed by atoms with van der Waals surface area (Å²) in [5.41, 5.74) is 1.86. The number of para-hydroxylation sites is 1. The topological polar surface area (TPSA) is 69.3 Å². The fourth-order valence-electron chi connectivity index (χ4n) is 2.15. The van der Waals surface area contributed by atoms with Crippen LogP contribution in [0.15, 0.2) is 59.0 Å².